The van der Waals surface area contributed by atoms with E-state index in [0.29, 0.717) is 5.92 Å². The molecule has 0 fully saturated rings. The van der Waals surface area contributed by atoms with E-state index in [1.54, 1.807) is 0 Å². The third kappa shape index (κ3) is 3.97. The van der Waals surface area contributed by atoms with Gasteiger partial charge < -0.3 is 0 Å². The molecule has 0 amide bonds. The van der Waals surface area contributed by atoms with Gasteiger partial charge >= 0.3 is 0 Å². The summed E-state index contributed by atoms with van der Waals surface area (Å²) >= 11 is 0. The molecule has 30 heavy (non-hydrogen) atoms. The Morgan fingerprint density at radius 1 is 0.900 bits per heavy atom. The van der Waals surface area contributed by atoms with Gasteiger partial charge in [-0.15, -0.1) is 0 Å². The quantitative estimate of drug-likeness (QED) is 0.401. The summed E-state index contributed by atoms with van der Waals surface area (Å²) in [6.45, 7) is 11.0. The van der Waals surface area contributed by atoms with Gasteiger partial charge in [-0.3, -0.25) is 9.97 Å². The summed E-state index contributed by atoms with van der Waals surface area (Å²) in [5.41, 5.74) is 9.56. The number of nitrogens with zero attached hydrogens (tertiary/aromatic N) is 3. The van der Waals surface area contributed by atoms with Crippen LogP contribution < -0.4 is 4.57 Å². The van der Waals surface area contributed by atoms with Crippen molar-refractivity contribution in [1.29, 1.82) is 0 Å². The van der Waals surface area contributed by atoms with Crippen molar-refractivity contribution in [2.45, 2.75) is 41.0 Å². The van der Waals surface area contributed by atoms with Crippen LogP contribution in [-0.2, 0) is 13.5 Å². The summed E-state index contributed by atoms with van der Waals surface area (Å²) in [6, 6.07) is 13.4. The summed E-state index contributed by atoms with van der Waals surface area (Å²) in [4.78, 5) is 9.26. The lowest BCUT2D eigenvalue weighted by Gasteiger charge is -2.10. The van der Waals surface area contributed by atoms with Gasteiger partial charge in [-0.25, -0.2) is 4.57 Å². The molecule has 2 heterocycles. The maximum absolute atomic E-state index is 4.66. The Morgan fingerprint density at radius 2 is 1.70 bits per heavy atom. The van der Waals surface area contributed by atoms with Crippen LogP contribution in [0.4, 0.5) is 0 Å². The molecule has 0 saturated heterocycles. The van der Waals surface area contributed by atoms with Crippen LogP contribution >= 0.6 is 0 Å². The lowest BCUT2D eigenvalue weighted by molar-refractivity contribution is -0.659. The van der Waals surface area contributed by atoms with Crippen molar-refractivity contribution < 1.29 is 4.57 Å². The smallest absolute Gasteiger partial charge is 0.213 e. The number of pyridine rings is 1. The number of benzene rings is 2. The zero-order valence-electron chi connectivity index (χ0n) is 18.8. The van der Waals surface area contributed by atoms with Crippen LogP contribution in [0.15, 0.2) is 55.0 Å². The SMILES string of the molecule is Cc1cc(C)c(C)c(-c2cc3ccc(-c4cnc(CC(C)C)cn4)cc3c[n+]2C)c1. The van der Waals surface area contributed by atoms with Crippen LogP contribution in [0, 0.1) is 26.7 Å². The van der Waals surface area contributed by atoms with Crippen LogP contribution in [0.25, 0.3) is 33.3 Å². The molecule has 0 atom stereocenters. The number of fused-ring (bicyclic) bond motifs is 1. The highest BCUT2D eigenvalue weighted by atomic mass is 14.9. The van der Waals surface area contributed by atoms with E-state index in [1.165, 1.54) is 38.7 Å². The lowest BCUT2D eigenvalue weighted by Crippen LogP contribution is -2.30. The van der Waals surface area contributed by atoms with Gasteiger partial charge in [0.05, 0.1) is 17.6 Å². The maximum atomic E-state index is 4.66. The van der Waals surface area contributed by atoms with E-state index < -0.39 is 0 Å². The second-order valence-corrected chi connectivity index (χ2v) is 8.86. The van der Waals surface area contributed by atoms with Crippen molar-refractivity contribution in [2.24, 2.45) is 13.0 Å². The highest BCUT2D eigenvalue weighted by Crippen LogP contribution is 2.28. The third-order valence-corrected chi connectivity index (χ3v) is 5.80. The molecule has 0 aliphatic heterocycles. The van der Waals surface area contributed by atoms with Crippen LogP contribution in [-0.4, -0.2) is 9.97 Å². The van der Waals surface area contributed by atoms with Gasteiger partial charge in [0.2, 0.25) is 5.69 Å². The molecule has 152 valence electrons. The topological polar surface area (TPSA) is 29.7 Å². The van der Waals surface area contributed by atoms with Crippen LogP contribution in [0.2, 0.25) is 0 Å². The van der Waals surface area contributed by atoms with Gasteiger partial charge in [0.15, 0.2) is 6.20 Å². The van der Waals surface area contributed by atoms with Crippen LogP contribution in [0.5, 0.6) is 0 Å². The number of hydrogen-bond donors (Lipinski definition) is 0. The summed E-state index contributed by atoms with van der Waals surface area (Å²) < 4.78 is 2.23. The molecular weight excluding hydrogens is 366 g/mol. The Kier molecular flexibility index (Phi) is 5.38. The largest absolute Gasteiger partial charge is 0.257 e. The monoisotopic (exact) mass is 396 g/mol. The zero-order valence-corrected chi connectivity index (χ0v) is 18.8. The molecule has 4 rings (SSSR count). The second kappa shape index (κ2) is 7.98. The zero-order chi connectivity index (χ0) is 21.4. The first-order valence-corrected chi connectivity index (χ1v) is 10.6. The molecule has 0 aliphatic rings. The average molecular weight is 397 g/mol. The molecule has 0 N–H and O–H groups in total. The van der Waals surface area contributed by atoms with Crippen molar-refractivity contribution in [1.82, 2.24) is 9.97 Å². The minimum atomic E-state index is 0.584. The van der Waals surface area contributed by atoms with Gasteiger partial charge in [0.1, 0.15) is 7.05 Å². The molecule has 3 nitrogen and oxygen atoms in total. The predicted molar refractivity (Wildman–Crippen MR) is 124 cm³/mol. The summed E-state index contributed by atoms with van der Waals surface area (Å²) in [5.74, 6) is 0.584. The molecule has 2 aromatic carbocycles. The number of aryl methyl sites for hydroxylation is 3. The highest BCUT2D eigenvalue weighted by molar-refractivity contribution is 5.88. The first-order valence-electron chi connectivity index (χ1n) is 10.6. The predicted octanol–water partition coefficient (Wildman–Crippen LogP) is 5.91. The van der Waals surface area contributed by atoms with E-state index >= 15 is 0 Å². The minimum absolute atomic E-state index is 0.584. The van der Waals surface area contributed by atoms with Gasteiger partial charge in [0, 0.05) is 28.8 Å². The van der Waals surface area contributed by atoms with E-state index in [-0.39, 0.29) is 0 Å². The fraction of sp³-hybridized carbons (Fsp3) is 0.296. The van der Waals surface area contributed by atoms with Crippen molar-refractivity contribution in [3.63, 3.8) is 0 Å². The van der Waals surface area contributed by atoms with E-state index in [2.05, 4.69) is 98.8 Å². The Morgan fingerprint density at radius 3 is 2.40 bits per heavy atom. The second-order valence-electron chi connectivity index (χ2n) is 8.86. The van der Waals surface area contributed by atoms with Crippen molar-refractivity contribution in [3.05, 3.63) is 77.4 Å². The van der Waals surface area contributed by atoms with E-state index in [4.69, 9.17) is 0 Å². The summed E-state index contributed by atoms with van der Waals surface area (Å²) in [6.07, 6.45) is 6.98. The van der Waals surface area contributed by atoms with Gasteiger partial charge in [0.25, 0.3) is 0 Å². The molecule has 0 saturated carbocycles. The molecular formula is C27H30N3+. The number of hydrogen-bond acceptors (Lipinski definition) is 2. The highest BCUT2D eigenvalue weighted by Gasteiger charge is 2.16. The van der Waals surface area contributed by atoms with E-state index in [9.17, 15) is 0 Å². The molecule has 2 aromatic heterocycles. The fourth-order valence-electron chi connectivity index (χ4n) is 4.11. The normalized spacial score (nSPS) is 11.4. The molecule has 0 aliphatic carbocycles. The van der Waals surface area contributed by atoms with Gasteiger partial charge in [-0.1, -0.05) is 37.6 Å². The first-order chi connectivity index (χ1) is 14.3. The Bertz CT molecular complexity index is 1220. The average Bonchev–Trinajstić information content (AvgIpc) is 2.70. The molecule has 4 aromatic rings. The van der Waals surface area contributed by atoms with Crippen LogP contribution in [0.3, 0.4) is 0 Å². The molecule has 0 bridgehead atoms. The maximum Gasteiger partial charge on any atom is 0.213 e. The minimum Gasteiger partial charge on any atom is -0.257 e. The Balaban J connectivity index is 1.74. The number of rotatable bonds is 4. The van der Waals surface area contributed by atoms with Crippen LogP contribution in [0.1, 0.15) is 36.2 Å². The fourth-order valence-corrected chi connectivity index (χ4v) is 4.11. The molecule has 0 radical (unpaired) electrons. The third-order valence-electron chi connectivity index (χ3n) is 5.80. The van der Waals surface area contributed by atoms with Crippen molar-refractivity contribution >= 4 is 10.8 Å². The van der Waals surface area contributed by atoms with Gasteiger partial charge in [-0.2, -0.15) is 0 Å². The molecule has 0 unspecified atom stereocenters. The molecule has 0 spiro atoms. The summed E-state index contributed by atoms with van der Waals surface area (Å²) in [5, 5.41) is 2.43. The van der Waals surface area contributed by atoms with E-state index in [1.807, 2.05) is 12.4 Å². The number of aromatic nitrogens is 3. The van der Waals surface area contributed by atoms with Gasteiger partial charge in [-0.05, 0) is 61.8 Å². The van der Waals surface area contributed by atoms with E-state index in [0.717, 1.165) is 23.4 Å². The summed E-state index contributed by atoms with van der Waals surface area (Å²) in [7, 11) is 2.12. The standard InChI is InChI=1S/C27H30N3/c1-17(2)9-24-14-29-26(15-28-24)22-8-7-21-13-27(30(6)16-23(21)12-22)25-11-18(3)10-19(4)20(25)5/h7-8,10-17H,9H2,1-6H3/q+1. The lowest BCUT2D eigenvalue weighted by atomic mass is 9.96. The first kappa shape index (κ1) is 20.2. The Labute approximate surface area is 179 Å². The molecule has 3 heteroatoms. The van der Waals surface area contributed by atoms with Crippen molar-refractivity contribution in [2.75, 3.05) is 0 Å². The van der Waals surface area contributed by atoms with Crippen molar-refractivity contribution in [3.8, 4) is 22.5 Å². The Hall–Kier alpha value is -3.07.